The zero-order chi connectivity index (χ0) is 22.2. The van der Waals surface area contributed by atoms with E-state index in [2.05, 4.69) is 49.1 Å². The van der Waals surface area contributed by atoms with Gasteiger partial charge in [0.15, 0.2) is 0 Å². The maximum Gasteiger partial charge on any atom is 0.229 e. The summed E-state index contributed by atoms with van der Waals surface area (Å²) in [6.07, 6.45) is 2.58. The predicted octanol–water partition coefficient (Wildman–Crippen LogP) is 4.10. The molecule has 2 aromatic carbocycles. The summed E-state index contributed by atoms with van der Waals surface area (Å²) in [6, 6.07) is 17.8. The van der Waals surface area contributed by atoms with Gasteiger partial charge in [0.2, 0.25) is 5.95 Å². The molecule has 0 spiro atoms. The van der Waals surface area contributed by atoms with Gasteiger partial charge in [-0.1, -0.05) is 6.07 Å². The highest BCUT2D eigenvalue weighted by Crippen LogP contribution is 2.24. The average Bonchev–Trinajstić information content (AvgIpc) is 3.16. The van der Waals surface area contributed by atoms with E-state index in [1.165, 1.54) is 0 Å². The van der Waals surface area contributed by atoms with Crippen LogP contribution in [0.2, 0.25) is 0 Å². The molecule has 0 aliphatic heterocycles. The summed E-state index contributed by atoms with van der Waals surface area (Å²) in [6.45, 7) is 4.21. The number of aromatic nitrogens is 3. The van der Waals surface area contributed by atoms with Gasteiger partial charge in [0, 0.05) is 46.8 Å². The van der Waals surface area contributed by atoms with Crippen molar-refractivity contribution in [1.82, 2.24) is 20.3 Å². The van der Waals surface area contributed by atoms with Crippen LogP contribution in [0.5, 0.6) is 5.75 Å². The smallest absolute Gasteiger partial charge is 0.229 e. The van der Waals surface area contributed by atoms with E-state index in [1.807, 2.05) is 43.3 Å². The summed E-state index contributed by atoms with van der Waals surface area (Å²) in [4.78, 5) is 12.2. The number of rotatable bonds is 11. The van der Waals surface area contributed by atoms with Crippen molar-refractivity contribution in [3.8, 4) is 5.75 Å². The number of aryl methyl sites for hydroxylation is 1. The molecule has 0 unspecified atom stereocenters. The minimum absolute atomic E-state index is 0.148. The zero-order valence-corrected chi connectivity index (χ0v) is 18.1. The van der Waals surface area contributed by atoms with Crippen molar-refractivity contribution in [3.05, 3.63) is 66.5 Å². The number of aliphatic hydroxyl groups excluding tert-OH is 1. The van der Waals surface area contributed by atoms with Crippen LogP contribution in [0.15, 0.2) is 60.8 Å². The number of nitrogens with zero attached hydrogens (tertiary/aromatic N) is 2. The van der Waals surface area contributed by atoms with Gasteiger partial charge in [-0.25, -0.2) is 4.98 Å². The number of fused-ring (bicyclic) bond motifs is 1. The largest absolute Gasteiger partial charge is 0.493 e. The number of H-pyrrole nitrogens is 1. The average molecular weight is 433 g/mol. The van der Waals surface area contributed by atoms with Crippen LogP contribution in [0.1, 0.15) is 12.1 Å². The highest BCUT2D eigenvalue weighted by molar-refractivity contribution is 5.84. The molecule has 0 radical (unpaired) electrons. The fraction of sp³-hybridized carbons (Fsp3) is 0.250. The second kappa shape index (κ2) is 10.6. The molecule has 166 valence electrons. The first-order valence-corrected chi connectivity index (χ1v) is 10.7. The van der Waals surface area contributed by atoms with Crippen LogP contribution in [0.4, 0.5) is 23.1 Å². The first kappa shape index (κ1) is 21.6. The molecule has 0 aliphatic rings. The molecule has 0 amide bonds. The van der Waals surface area contributed by atoms with Gasteiger partial charge in [0.05, 0.1) is 13.2 Å². The third kappa shape index (κ3) is 5.96. The lowest BCUT2D eigenvalue weighted by Gasteiger charge is -2.11. The summed E-state index contributed by atoms with van der Waals surface area (Å²) in [5, 5.41) is 19.6. The summed E-state index contributed by atoms with van der Waals surface area (Å²) in [7, 11) is 0. The first-order chi connectivity index (χ1) is 15.7. The lowest BCUT2D eigenvalue weighted by atomic mass is 10.2. The first-order valence-electron chi connectivity index (χ1n) is 10.7. The Hall–Kier alpha value is -3.62. The van der Waals surface area contributed by atoms with E-state index in [4.69, 9.17) is 9.84 Å². The molecule has 0 aliphatic carbocycles. The summed E-state index contributed by atoms with van der Waals surface area (Å²) in [5.41, 5.74) is 4.06. The normalized spacial score (nSPS) is 10.9. The van der Waals surface area contributed by atoms with Crippen molar-refractivity contribution < 1.29 is 9.84 Å². The van der Waals surface area contributed by atoms with E-state index >= 15 is 0 Å². The molecular formula is C24H28N6O2. The number of anilines is 4. The minimum Gasteiger partial charge on any atom is -0.493 e. The Labute approximate surface area is 187 Å². The van der Waals surface area contributed by atoms with Gasteiger partial charge >= 0.3 is 0 Å². The number of ether oxygens (including phenoxy) is 1. The highest BCUT2D eigenvalue weighted by Gasteiger charge is 2.04. The predicted molar refractivity (Wildman–Crippen MR) is 128 cm³/mol. The van der Waals surface area contributed by atoms with E-state index in [-0.39, 0.29) is 6.61 Å². The van der Waals surface area contributed by atoms with E-state index in [9.17, 15) is 0 Å². The molecule has 5 N–H and O–H groups in total. The molecule has 0 atom stereocenters. The van der Waals surface area contributed by atoms with E-state index in [1.54, 1.807) is 6.20 Å². The maximum atomic E-state index is 8.77. The van der Waals surface area contributed by atoms with Crippen LogP contribution in [0, 0.1) is 6.92 Å². The minimum atomic E-state index is 0.148. The fourth-order valence-corrected chi connectivity index (χ4v) is 3.38. The van der Waals surface area contributed by atoms with Gasteiger partial charge in [0.25, 0.3) is 0 Å². The molecule has 0 saturated carbocycles. The quantitative estimate of drug-likeness (QED) is 0.227. The third-order valence-electron chi connectivity index (χ3n) is 4.83. The Kier molecular flexibility index (Phi) is 7.16. The van der Waals surface area contributed by atoms with Crippen LogP contribution in [0.25, 0.3) is 10.9 Å². The number of hydrogen-bond donors (Lipinski definition) is 5. The van der Waals surface area contributed by atoms with Crippen molar-refractivity contribution in [3.63, 3.8) is 0 Å². The van der Waals surface area contributed by atoms with Crippen LogP contribution >= 0.6 is 0 Å². The number of aliphatic hydroxyl groups is 1. The number of nitrogens with one attached hydrogen (secondary N) is 4. The van der Waals surface area contributed by atoms with Gasteiger partial charge in [-0.05, 0) is 62.4 Å². The molecule has 0 saturated heterocycles. The van der Waals surface area contributed by atoms with Crippen LogP contribution < -0.4 is 20.7 Å². The summed E-state index contributed by atoms with van der Waals surface area (Å²) >= 11 is 0. The molecule has 0 fully saturated rings. The molecule has 4 rings (SSSR count). The number of aromatic amines is 1. The van der Waals surface area contributed by atoms with E-state index < -0.39 is 0 Å². The van der Waals surface area contributed by atoms with Crippen LogP contribution in [0.3, 0.4) is 0 Å². The Morgan fingerprint density at radius 3 is 2.81 bits per heavy atom. The van der Waals surface area contributed by atoms with Crippen LogP contribution in [-0.2, 0) is 0 Å². The van der Waals surface area contributed by atoms with Crippen LogP contribution in [-0.4, -0.2) is 46.4 Å². The second-order valence-electron chi connectivity index (χ2n) is 7.47. The summed E-state index contributed by atoms with van der Waals surface area (Å²) < 4.78 is 5.81. The van der Waals surface area contributed by atoms with Gasteiger partial charge < -0.3 is 30.8 Å². The van der Waals surface area contributed by atoms with Gasteiger partial charge in [-0.3, -0.25) is 0 Å². The molecule has 8 nitrogen and oxygen atoms in total. The molecule has 32 heavy (non-hydrogen) atoms. The lowest BCUT2D eigenvalue weighted by molar-refractivity contribution is 0.282. The Bertz CT molecular complexity index is 1160. The van der Waals surface area contributed by atoms with Gasteiger partial charge in [-0.15, -0.1) is 0 Å². The van der Waals surface area contributed by atoms with Crippen molar-refractivity contribution in [2.75, 3.05) is 36.9 Å². The van der Waals surface area contributed by atoms with Gasteiger partial charge in [0.1, 0.15) is 11.6 Å². The van der Waals surface area contributed by atoms with Crippen molar-refractivity contribution >= 4 is 34.0 Å². The third-order valence-corrected chi connectivity index (χ3v) is 4.83. The molecular weight excluding hydrogens is 404 g/mol. The highest BCUT2D eigenvalue weighted by atomic mass is 16.5. The zero-order valence-electron chi connectivity index (χ0n) is 18.1. The molecule has 8 heteroatoms. The Morgan fingerprint density at radius 1 is 1.00 bits per heavy atom. The standard InChI is InChI=1S/C24H28N6O2/c1-17-14-18-15-20(6-7-22(18)27-17)28-23-8-10-26-24(30-23)29-19-4-2-5-21(16-19)32-13-3-9-25-11-12-31/h2,4-8,10,14-16,25,27,31H,3,9,11-13H2,1H3,(H2,26,28,29,30). The number of hydrogen-bond acceptors (Lipinski definition) is 7. The van der Waals surface area contributed by atoms with Crippen molar-refractivity contribution in [2.45, 2.75) is 13.3 Å². The van der Waals surface area contributed by atoms with Crippen molar-refractivity contribution in [2.24, 2.45) is 0 Å². The van der Waals surface area contributed by atoms with E-state index in [0.29, 0.717) is 24.9 Å². The molecule has 2 aromatic heterocycles. The Balaban J connectivity index is 1.36. The summed E-state index contributed by atoms with van der Waals surface area (Å²) in [5.74, 6) is 1.98. The SMILES string of the molecule is Cc1cc2cc(Nc3ccnc(Nc4cccc(OCCCNCCO)c4)n3)ccc2[nH]1. The Morgan fingerprint density at radius 2 is 1.91 bits per heavy atom. The van der Waals surface area contributed by atoms with Gasteiger partial charge in [-0.2, -0.15) is 4.98 Å². The number of benzene rings is 2. The molecule has 4 aromatic rings. The fourth-order valence-electron chi connectivity index (χ4n) is 3.38. The second-order valence-corrected chi connectivity index (χ2v) is 7.47. The molecule has 2 heterocycles. The lowest BCUT2D eigenvalue weighted by Crippen LogP contribution is -2.20. The maximum absolute atomic E-state index is 8.77. The van der Waals surface area contributed by atoms with E-state index in [0.717, 1.165) is 46.7 Å². The van der Waals surface area contributed by atoms with Crippen molar-refractivity contribution in [1.29, 1.82) is 0 Å². The monoisotopic (exact) mass is 432 g/mol. The molecule has 0 bridgehead atoms. The topological polar surface area (TPSA) is 107 Å².